The number of carboxylic acids is 1. The molecule has 0 saturated heterocycles. The summed E-state index contributed by atoms with van der Waals surface area (Å²) in [6.07, 6.45) is 4.10. The van der Waals surface area contributed by atoms with Crippen LogP contribution in [0.5, 0.6) is 0 Å². The number of rotatable bonds is 5. The first-order valence-electron chi connectivity index (χ1n) is 6.29. The molecule has 1 saturated carbocycles. The first-order chi connectivity index (χ1) is 8.47. The number of urea groups is 1. The fraction of sp³-hybridized carbons (Fsp3) is 0.750. The summed E-state index contributed by atoms with van der Waals surface area (Å²) in [4.78, 5) is 33.3. The van der Waals surface area contributed by atoms with Gasteiger partial charge < -0.3 is 10.4 Å². The Morgan fingerprint density at radius 2 is 1.83 bits per heavy atom. The minimum absolute atomic E-state index is 0.0460. The van der Waals surface area contributed by atoms with Crippen LogP contribution >= 0.6 is 0 Å². The molecule has 3 amide bonds. The minimum Gasteiger partial charge on any atom is -0.481 e. The summed E-state index contributed by atoms with van der Waals surface area (Å²) < 4.78 is 0. The lowest BCUT2D eigenvalue weighted by atomic mass is 10.0. The average molecular weight is 256 g/mol. The van der Waals surface area contributed by atoms with Gasteiger partial charge in [-0.1, -0.05) is 19.8 Å². The van der Waals surface area contributed by atoms with Crippen molar-refractivity contribution in [3.63, 3.8) is 0 Å². The van der Waals surface area contributed by atoms with Crippen LogP contribution in [0.25, 0.3) is 0 Å². The Morgan fingerprint density at radius 3 is 2.39 bits per heavy atom. The molecule has 0 heterocycles. The third kappa shape index (κ3) is 5.65. The first kappa shape index (κ1) is 14.5. The summed E-state index contributed by atoms with van der Waals surface area (Å²) in [6.45, 7) is 1.67. The molecule has 6 nitrogen and oxygen atoms in total. The monoisotopic (exact) mass is 256 g/mol. The van der Waals surface area contributed by atoms with Gasteiger partial charge in [-0.2, -0.15) is 0 Å². The van der Waals surface area contributed by atoms with Crippen LogP contribution < -0.4 is 10.6 Å². The predicted molar refractivity (Wildman–Crippen MR) is 65.0 cm³/mol. The summed E-state index contributed by atoms with van der Waals surface area (Å²) in [5, 5.41) is 13.5. The second kappa shape index (κ2) is 6.98. The molecule has 1 fully saturated rings. The number of amides is 3. The van der Waals surface area contributed by atoms with E-state index in [1.165, 1.54) is 0 Å². The Labute approximate surface area is 106 Å². The number of carboxylic acid groups (broad SMARTS) is 1. The van der Waals surface area contributed by atoms with Crippen molar-refractivity contribution in [2.75, 3.05) is 0 Å². The van der Waals surface area contributed by atoms with Gasteiger partial charge in [-0.3, -0.25) is 14.9 Å². The molecule has 6 heteroatoms. The summed E-state index contributed by atoms with van der Waals surface area (Å²) in [7, 11) is 0. The first-order valence-corrected chi connectivity index (χ1v) is 6.29. The van der Waals surface area contributed by atoms with Crippen molar-refractivity contribution in [2.45, 2.75) is 51.5 Å². The van der Waals surface area contributed by atoms with Gasteiger partial charge >= 0.3 is 12.0 Å². The highest BCUT2D eigenvalue weighted by atomic mass is 16.4. The van der Waals surface area contributed by atoms with Crippen LogP contribution in [-0.4, -0.2) is 29.1 Å². The molecule has 0 bridgehead atoms. The normalized spacial score (nSPS) is 17.2. The lowest BCUT2D eigenvalue weighted by Gasteiger charge is -2.13. The zero-order chi connectivity index (χ0) is 13.5. The molecular weight excluding hydrogens is 236 g/mol. The van der Waals surface area contributed by atoms with Gasteiger partial charge in [0, 0.05) is 18.9 Å². The molecular formula is C12H20N2O4. The predicted octanol–water partition coefficient (Wildman–Crippen LogP) is 1.26. The van der Waals surface area contributed by atoms with E-state index in [4.69, 9.17) is 5.11 Å². The molecule has 0 aromatic carbocycles. The Hall–Kier alpha value is -1.59. The van der Waals surface area contributed by atoms with Crippen molar-refractivity contribution in [2.24, 2.45) is 5.92 Å². The van der Waals surface area contributed by atoms with Crippen LogP contribution in [0.1, 0.15) is 45.4 Å². The lowest BCUT2D eigenvalue weighted by Crippen LogP contribution is -2.43. The SMILES string of the molecule is CC(CC(=O)O)CC(=O)NC(=O)NC1CCCC1. The molecule has 1 atom stereocenters. The van der Waals surface area contributed by atoms with E-state index in [2.05, 4.69) is 10.6 Å². The quantitative estimate of drug-likeness (QED) is 0.690. The number of carbonyl (C=O) groups is 3. The maximum Gasteiger partial charge on any atom is 0.321 e. The van der Waals surface area contributed by atoms with Crippen LogP contribution in [-0.2, 0) is 9.59 Å². The number of imide groups is 1. The van der Waals surface area contributed by atoms with E-state index in [0.717, 1.165) is 25.7 Å². The third-order valence-corrected chi connectivity index (χ3v) is 3.00. The van der Waals surface area contributed by atoms with Gasteiger partial charge in [-0.15, -0.1) is 0 Å². The van der Waals surface area contributed by atoms with Crippen LogP contribution in [0.2, 0.25) is 0 Å². The molecule has 1 aliphatic rings. The van der Waals surface area contributed by atoms with Gasteiger partial charge in [-0.05, 0) is 18.8 Å². The average Bonchev–Trinajstić information content (AvgIpc) is 2.67. The van der Waals surface area contributed by atoms with Crippen LogP contribution in [0.4, 0.5) is 4.79 Å². The molecule has 1 aliphatic carbocycles. The number of nitrogens with one attached hydrogen (secondary N) is 2. The minimum atomic E-state index is -0.939. The van der Waals surface area contributed by atoms with Crippen molar-refractivity contribution in [1.82, 2.24) is 10.6 Å². The van der Waals surface area contributed by atoms with Crippen molar-refractivity contribution in [3.8, 4) is 0 Å². The molecule has 0 aromatic rings. The van der Waals surface area contributed by atoms with Gasteiger partial charge in [0.25, 0.3) is 0 Å². The van der Waals surface area contributed by atoms with Crippen molar-refractivity contribution < 1.29 is 19.5 Å². The van der Waals surface area contributed by atoms with Gasteiger partial charge in [0.05, 0.1) is 0 Å². The van der Waals surface area contributed by atoms with E-state index < -0.39 is 17.9 Å². The van der Waals surface area contributed by atoms with Crippen molar-refractivity contribution in [3.05, 3.63) is 0 Å². The zero-order valence-electron chi connectivity index (χ0n) is 10.6. The van der Waals surface area contributed by atoms with E-state index in [1.54, 1.807) is 6.92 Å². The van der Waals surface area contributed by atoms with Crippen LogP contribution in [0, 0.1) is 5.92 Å². The summed E-state index contributed by atoms with van der Waals surface area (Å²) >= 11 is 0. The number of hydrogen-bond acceptors (Lipinski definition) is 3. The van der Waals surface area contributed by atoms with Crippen LogP contribution in [0.15, 0.2) is 0 Å². The summed E-state index contributed by atoms with van der Waals surface area (Å²) in [6, 6.07) is -0.316. The van der Waals surface area contributed by atoms with E-state index in [9.17, 15) is 14.4 Å². The largest absolute Gasteiger partial charge is 0.481 e. The molecule has 18 heavy (non-hydrogen) atoms. The van der Waals surface area contributed by atoms with E-state index >= 15 is 0 Å². The Morgan fingerprint density at radius 1 is 1.22 bits per heavy atom. The molecule has 1 unspecified atom stereocenters. The van der Waals surface area contributed by atoms with E-state index in [1.807, 2.05) is 0 Å². The Kier molecular flexibility index (Phi) is 5.61. The van der Waals surface area contributed by atoms with Crippen molar-refractivity contribution in [1.29, 1.82) is 0 Å². The summed E-state index contributed by atoms with van der Waals surface area (Å²) in [5.41, 5.74) is 0. The topological polar surface area (TPSA) is 95.5 Å². The fourth-order valence-corrected chi connectivity index (χ4v) is 2.16. The molecule has 0 spiro atoms. The molecule has 3 N–H and O–H groups in total. The second-order valence-electron chi connectivity index (χ2n) is 4.91. The highest BCUT2D eigenvalue weighted by Gasteiger charge is 2.19. The zero-order valence-corrected chi connectivity index (χ0v) is 10.6. The lowest BCUT2D eigenvalue weighted by molar-refractivity contribution is -0.138. The molecule has 102 valence electrons. The summed E-state index contributed by atoms with van der Waals surface area (Å²) in [5.74, 6) is -1.65. The maximum absolute atomic E-state index is 11.5. The molecule has 0 radical (unpaired) electrons. The second-order valence-corrected chi connectivity index (χ2v) is 4.91. The van der Waals surface area contributed by atoms with Gasteiger partial charge in [0.2, 0.25) is 5.91 Å². The highest BCUT2D eigenvalue weighted by Crippen LogP contribution is 2.17. The molecule has 0 aliphatic heterocycles. The fourth-order valence-electron chi connectivity index (χ4n) is 2.16. The van der Waals surface area contributed by atoms with E-state index in [-0.39, 0.29) is 24.8 Å². The van der Waals surface area contributed by atoms with Crippen LogP contribution in [0.3, 0.4) is 0 Å². The van der Waals surface area contributed by atoms with Gasteiger partial charge in [0.1, 0.15) is 0 Å². The Bertz CT molecular complexity index is 324. The molecule has 0 aromatic heterocycles. The standard InChI is InChI=1S/C12H20N2O4/c1-8(7-11(16)17)6-10(15)14-12(18)13-9-4-2-3-5-9/h8-9H,2-7H2,1H3,(H,16,17)(H2,13,14,15,18). The Balaban J connectivity index is 2.22. The smallest absolute Gasteiger partial charge is 0.321 e. The maximum atomic E-state index is 11.5. The number of aliphatic carboxylic acids is 1. The van der Waals surface area contributed by atoms with Crippen molar-refractivity contribution >= 4 is 17.9 Å². The van der Waals surface area contributed by atoms with E-state index in [0.29, 0.717) is 0 Å². The number of carbonyl (C=O) groups excluding carboxylic acids is 2. The van der Waals surface area contributed by atoms with Gasteiger partial charge in [0.15, 0.2) is 0 Å². The highest BCUT2D eigenvalue weighted by molar-refractivity contribution is 5.94. The third-order valence-electron chi connectivity index (χ3n) is 3.00. The molecule has 1 rings (SSSR count). The van der Waals surface area contributed by atoms with Gasteiger partial charge in [-0.25, -0.2) is 4.79 Å². The number of hydrogen-bond donors (Lipinski definition) is 3.